The zero-order valence-corrected chi connectivity index (χ0v) is 22.2. The van der Waals surface area contributed by atoms with Crippen LogP contribution in [0.3, 0.4) is 0 Å². The zero-order valence-electron chi connectivity index (χ0n) is 20.6. The van der Waals surface area contributed by atoms with E-state index in [0.29, 0.717) is 13.1 Å². The van der Waals surface area contributed by atoms with E-state index >= 15 is 0 Å². The van der Waals surface area contributed by atoms with E-state index in [-0.39, 0.29) is 12.2 Å². The summed E-state index contributed by atoms with van der Waals surface area (Å²) in [5, 5.41) is 11.1. The van der Waals surface area contributed by atoms with Crippen molar-refractivity contribution in [3.8, 4) is 5.19 Å². The van der Waals surface area contributed by atoms with Crippen molar-refractivity contribution in [2.45, 2.75) is 58.7 Å². The monoisotopic (exact) mass is 513 g/mol. The van der Waals surface area contributed by atoms with E-state index in [1.165, 1.54) is 11.1 Å². The van der Waals surface area contributed by atoms with Crippen LogP contribution in [-0.4, -0.2) is 64.1 Å². The molecule has 8 nitrogen and oxygen atoms in total. The molecule has 2 aliphatic heterocycles. The van der Waals surface area contributed by atoms with Crippen LogP contribution >= 0.6 is 22.7 Å². The van der Waals surface area contributed by atoms with Gasteiger partial charge in [0.15, 0.2) is 0 Å². The Bertz CT molecular complexity index is 1240. The van der Waals surface area contributed by atoms with Crippen molar-refractivity contribution in [1.82, 2.24) is 20.1 Å². The number of hydrogen-bond donors (Lipinski definition) is 0. The highest BCUT2D eigenvalue weighted by atomic mass is 32.1. The van der Waals surface area contributed by atoms with Crippen LogP contribution in [0.15, 0.2) is 24.3 Å². The molecule has 0 N–H and O–H groups in total. The number of carbonyl (C=O) groups is 1. The van der Waals surface area contributed by atoms with E-state index in [2.05, 4.69) is 39.4 Å². The summed E-state index contributed by atoms with van der Waals surface area (Å²) in [6.45, 7) is 10.7. The van der Waals surface area contributed by atoms with Crippen molar-refractivity contribution in [2.75, 3.05) is 31.1 Å². The van der Waals surface area contributed by atoms with Gasteiger partial charge in [0.05, 0.1) is 10.2 Å². The van der Waals surface area contributed by atoms with E-state index in [9.17, 15) is 4.79 Å². The Labute approximate surface area is 213 Å². The molecule has 0 unspecified atom stereocenters. The van der Waals surface area contributed by atoms with Crippen LogP contribution in [0.2, 0.25) is 0 Å². The molecule has 35 heavy (non-hydrogen) atoms. The molecule has 5 rings (SSSR count). The molecular formula is C25H31N5O3S2. The summed E-state index contributed by atoms with van der Waals surface area (Å²) in [4.78, 5) is 21.1. The fourth-order valence-electron chi connectivity index (χ4n) is 4.30. The van der Waals surface area contributed by atoms with Crippen LogP contribution in [0.25, 0.3) is 15.8 Å². The minimum absolute atomic E-state index is 0.167. The molecular weight excluding hydrogens is 482 g/mol. The maximum atomic E-state index is 12.3. The smallest absolute Gasteiger partial charge is 0.410 e. The molecule has 2 aromatic heterocycles. The minimum Gasteiger partial charge on any atom is -0.467 e. The Morgan fingerprint density at radius 1 is 1.11 bits per heavy atom. The highest BCUT2D eigenvalue weighted by Gasteiger charge is 2.25. The summed E-state index contributed by atoms with van der Waals surface area (Å²) in [7, 11) is 0. The summed E-state index contributed by atoms with van der Waals surface area (Å²) in [6, 6.07) is 6.37. The number of rotatable bonds is 4. The highest BCUT2D eigenvalue weighted by molar-refractivity contribution is 7.20. The van der Waals surface area contributed by atoms with Gasteiger partial charge in [0.2, 0.25) is 5.13 Å². The van der Waals surface area contributed by atoms with E-state index in [4.69, 9.17) is 14.5 Å². The first-order valence-electron chi connectivity index (χ1n) is 12.0. The van der Waals surface area contributed by atoms with Crippen LogP contribution in [0.4, 0.5) is 9.93 Å². The minimum atomic E-state index is -0.479. The third kappa shape index (κ3) is 5.75. The second kappa shape index (κ2) is 9.73. The van der Waals surface area contributed by atoms with E-state index in [1.54, 1.807) is 27.6 Å². The average Bonchev–Trinajstić information content (AvgIpc) is 3.43. The maximum absolute atomic E-state index is 12.3. The largest absolute Gasteiger partial charge is 0.467 e. The third-order valence-corrected chi connectivity index (χ3v) is 7.90. The van der Waals surface area contributed by atoms with Gasteiger partial charge in [-0.1, -0.05) is 34.8 Å². The van der Waals surface area contributed by atoms with Gasteiger partial charge in [0.1, 0.15) is 16.7 Å². The molecule has 0 saturated carbocycles. The third-order valence-electron chi connectivity index (χ3n) is 6.10. The Morgan fingerprint density at radius 3 is 2.57 bits per heavy atom. The topological polar surface area (TPSA) is 80.7 Å². The second-order valence-corrected chi connectivity index (χ2v) is 12.1. The van der Waals surface area contributed by atoms with Crippen LogP contribution < -0.4 is 9.64 Å². The zero-order chi connectivity index (χ0) is 24.6. The number of nitrogens with zero attached hydrogens (tertiary/aromatic N) is 5. The van der Waals surface area contributed by atoms with Gasteiger partial charge in [-0.2, -0.15) is 0 Å². The van der Waals surface area contributed by atoms with Crippen molar-refractivity contribution in [1.29, 1.82) is 0 Å². The number of hydrogen-bond acceptors (Lipinski definition) is 9. The molecule has 0 aliphatic carbocycles. The average molecular weight is 514 g/mol. The Balaban J connectivity index is 1.19. The van der Waals surface area contributed by atoms with Gasteiger partial charge in [-0.05, 0) is 57.4 Å². The molecule has 0 radical (unpaired) electrons. The maximum Gasteiger partial charge on any atom is 0.410 e. The molecule has 186 valence electrons. The van der Waals surface area contributed by atoms with Crippen LogP contribution in [0.5, 0.6) is 5.19 Å². The molecule has 1 fully saturated rings. The molecule has 4 heterocycles. The van der Waals surface area contributed by atoms with Gasteiger partial charge in [-0.3, -0.25) is 0 Å². The first-order chi connectivity index (χ1) is 16.7. The van der Waals surface area contributed by atoms with Gasteiger partial charge in [0, 0.05) is 39.0 Å². The van der Waals surface area contributed by atoms with Crippen LogP contribution in [0, 0.1) is 6.92 Å². The standard InChI is InChI=1S/C25H31N5O3S2/c1-16-27-28-22(34-16)29-13-9-19(10-14-29)32-23-26-20-6-5-18(15-21(20)35-23)17-7-11-30(12-8-17)24(31)33-25(2,3)4/h5-7,15,19H,8-14H2,1-4H3. The van der Waals surface area contributed by atoms with Crippen molar-refractivity contribution in [2.24, 2.45) is 0 Å². The molecule has 0 atom stereocenters. The molecule has 1 saturated heterocycles. The van der Waals surface area contributed by atoms with Crippen LogP contribution in [0.1, 0.15) is 50.6 Å². The normalized spacial score (nSPS) is 17.5. The number of anilines is 1. The van der Waals surface area contributed by atoms with Gasteiger partial charge in [-0.25, -0.2) is 9.78 Å². The van der Waals surface area contributed by atoms with E-state index in [0.717, 1.165) is 57.9 Å². The van der Waals surface area contributed by atoms with Crippen molar-refractivity contribution in [3.05, 3.63) is 34.8 Å². The summed E-state index contributed by atoms with van der Waals surface area (Å²) in [6.07, 6.45) is 4.73. The molecule has 10 heteroatoms. The fourth-order valence-corrected chi connectivity index (χ4v) is 5.96. The Kier molecular flexibility index (Phi) is 6.67. The van der Waals surface area contributed by atoms with Gasteiger partial charge in [-0.15, -0.1) is 10.2 Å². The summed E-state index contributed by atoms with van der Waals surface area (Å²) < 4.78 is 12.9. The number of piperidine rings is 1. The first-order valence-corrected chi connectivity index (χ1v) is 13.7. The number of ether oxygens (including phenoxy) is 2. The predicted octanol–water partition coefficient (Wildman–Crippen LogP) is 5.53. The highest BCUT2D eigenvalue weighted by Crippen LogP contribution is 2.34. The van der Waals surface area contributed by atoms with Gasteiger partial charge < -0.3 is 19.3 Å². The predicted molar refractivity (Wildman–Crippen MR) is 141 cm³/mol. The number of fused-ring (bicyclic) bond motifs is 1. The number of amides is 1. The SMILES string of the molecule is Cc1nnc(N2CCC(Oc3nc4ccc(C5=CCN(C(=O)OC(C)(C)C)CC5)cc4s3)CC2)s1. The van der Waals surface area contributed by atoms with E-state index in [1.807, 2.05) is 27.7 Å². The van der Waals surface area contributed by atoms with Crippen LogP contribution in [-0.2, 0) is 4.74 Å². The quantitative estimate of drug-likeness (QED) is 0.454. The number of aromatic nitrogens is 3. The number of benzene rings is 1. The molecule has 3 aromatic rings. The lowest BCUT2D eigenvalue weighted by atomic mass is 9.99. The lowest BCUT2D eigenvalue weighted by Gasteiger charge is -2.30. The van der Waals surface area contributed by atoms with Crippen molar-refractivity contribution >= 4 is 49.7 Å². The number of aryl methyl sites for hydroxylation is 1. The Hall–Kier alpha value is -2.72. The van der Waals surface area contributed by atoms with Crippen molar-refractivity contribution < 1.29 is 14.3 Å². The Morgan fingerprint density at radius 2 is 1.91 bits per heavy atom. The van der Waals surface area contributed by atoms with Crippen molar-refractivity contribution in [3.63, 3.8) is 0 Å². The molecule has 1 aromatic carbocycles. The fraction of sp³-hybridized carbons (Fsp3) is 0.520. The molecule has 0 spiro atoms. The second-order valence-electron chi connectivity index (χ2n) is 9.98. The van der Waals surface area contributed by atoms with Gasteiger partial charge in [0.25, 0.3) is 5.19 Å². The van der Waals surface area contributed by atoms with Gasteiger partial charge >= 0.3 is 6.09 Å². The number of thiazole rings is 1. The number of carbonyl (C=O) groups excluding carboxylic acids is 1. The summed E-state index contributed by atoms with van der Waals surface area (Å²) >= 11 is 3.24. The summed E-state index contributed by atoms with van der Waals surface area (Å²) in [5.41, 5.74) is 2.91. The lowest BCUT2D eigenvalue weighted by Crippen LogP contribution is -2.39. The molecule has 0 bridgehead atoms. The first kappa shape index (κ1) is 24.0. The molecule has 1 amide bonds. The van der Waals surface area contributed by atoms with E-state index < -0.39 is 5.60 Å². The lowest BCUT2D eigenvalue weighted by molar-refractivity contribution is 0.0270. The summed E-state index contributed by atoms with van der Waals surface area (Å²) in [5.74, 6) is 0. The molecule has 2 aliphatic rings.